The van der Waals surface area contributed by atoms with Gasteiger partial charge in [-0.15, -0.1) is 11.3 Å². The van der Waals surface area contributed by atoms with Crippen molar-refractivity contribution in [3.05, 3.63) is 22.5 Å². The molecule has 0 fully saturated rings. The Morgan fingerprint density at radius 2 is 1.90 bits per heavy atom. The molecule has 0 aromatic carbocycles. The first-order valence-corrected chi connectivity index (χ1v) is 9.18. The number of fused-ring (bicyclic) bond motifs is 1. The number of aryl methyl sites for hydroxylation is 2. The van der Waals surface area contributed by atoms with Gasteiger partial charge in [0.1, 0.15) is 0 Å². The fourth-order valence-corrected chi connectivity index (χ4v) is 4.56. The Morgan fingerprint density at radius 1 is 1.29 bits per heavy atom. The van der Waals surface area contributed by atoms with Crippen LogP contribution < -0.4 is 0 Å². The van der Waals surface area contributed by atoms with E-state index in [1.54, 1.807) is 18.4 Å². The third-order valence-corrected chi connectivity index (χ3v) is 6.52. The second-order valence-corrected chi connectivity index (χ2v) is 8.24. The van der Waals surface area contributed by atoms with Crippen LogP contribution in [0.15, 0.2) is 6.20 Å². The Hall–Kier alpha value is -0.960. The summed E-state index contributed by atoms with van der Waals surface area (Å²) < 4.78 is 29.8. The summed E-state index contributed by atoms with van der Waals surface area (Å²) >= 11 is 1.61. The van der Waals surface area contributed by atoms with Gasteiger partial charge in [0.15, 0.2) is 4.96 Å². The summed E-state index contributed by atoms with van der Waals surface area (Å²) in [5.74, 6) is 0. The van der Waals surface area contributed by atoms with Crippen LogP contribution in [0.25, 0.3) is 4.96 Å². The van der Waals surface area contributed by atoms with E-state index in [9.17, 15) is 8.42 Å². The topological polar surface area (TPSA) is 57.9 Å². The van der Waals surface area contributed by atoms with Crippen LogP contribution in [0.4, 0.5) is 0 Å². The lowest BCUT2D eigenvalue weighted by Gasteiger charge is -2.25. The number of imidazole rings is 1. The summed E-state index contributed by atoms with van der Waals surface area (Å²) in [5.41, 5.74) is 1.80. The van der Waals surface area contributed by atoms with Crippen molar-refractivity contribution in [3.63, 3.8) is 0 Å². The van der Waals surface area contributed by atoms with E-state index < -0.39 is 10.2 Å². The first-order chi connectivity index (χ1) is 9.81. The SMILES string of the molecule is CCN(CC)S(=O)(=O)N(C)Cc1c(C)nc2sc(C)cn12. The maximum atomic E-state index is 12.5. The average Bonchev–Trinajstić information content (AvgIpc) is 2.88. The Balaban J connectivity index is 2.33. The van der Waals surface area contributed by atoms with E-state index in [-0.39, 0.29) is 0 Å². The number of hydrogen-bond acceptors (Lipinski definition) is 4. The largest absolute Gasteiger partial charge is 0.293 e. The van der Waals surface area contributed by atoms with Gasteiger partial charge in [0, 0.05) is 31.2 Å². The first-order valence-electron chi connectivity index (χ1n) is 6.96. The molecule has 0 radical (unpaired) electrons. The van der Waals surface area contributed by atoms with Crippen LogP contribution in [0.5, 0.6) is 0 Å². The van der Waals surface area contributed by atoms with E-state index in [0.717, 1.165) is 21.2 Å². The van der Waals surface area contributed by atoms with Gasteiger partial charge in [-0.1, -0.05) is 13.8 Å². The van der Waals surface area contributed by atoms with Crippen LogP contribution in [-0.2, 0) is 16.8 Å². The van der Waals surface area contributed by atoms with Crippen molar-refractivity contribution in [3.8, 4) is 0 Å². The normalized spacial score (nSPS) is 12.9. The summed E-state index contributed by atoms with van der Waals surface area (Å²) in [5, 5.41) is 0. The molecule has 6 nitrogen and oxygen atoms in total. The molecule has 2 heterocycles. The Morgan fingerprint density at radius 3 is 2.48 bits per heavy atom. The third kappa shape index (κ3) is 2.98. The summed E-state index contributed by atoms with van der Waals surface area (Å²) in [4.78, 5) is 6.57. The van der Waals surface area contributed by atoms with Gasteiger partial charge in [-0.25, -0.2) is 4.98 Å². The molecule has 0 aliphatic rings. The molecule has 0 unspecified atom stereocenters. The highest BCUT2D eigenvalue weighted by Gasteiger charge is 2.26. The van der Waals surface area contributed by atoms with E-state index in [1.165, 1.54) is 8.61 Å². The fourth-order valence-electron chi connectivity index (χ4n) is 2.34. The van der Waals surface area contributed by atoms with Crippen molar-refractivity contribution >= 4 is 26.5 Å². The van der Waals surface area contributed by atoms with Crippen molar-refractivity contribution in [2.45, 2.75) is 34.2 Å². The van der Waals surface area contributed by atoms with Crippen molar-refractivity contribution in [1.29, 1.82) is 0 Å². The van der Waals surface area contributed by atoms with Crippen LogP contribution in [0, 0.1) is 13.8 Å². The minimum Gasteiger partial charge on any atom is -0.293 e. The zero-order valence-electron chi connectivity index (χ0n) is 13.1. The van der Waals surface area contributed by atoms with Crippen LogP contribution in [-0.4, -0.2) is 46.6 Å². The second-order valence-electron chi connectivity index (χ2n) is 4.99. The Kier molecular flexibility index (Phi) is 4.72. The highest BCUT2D eigenvalue weighted by molar-refractivity contribution is 7.86. The molecule has 0 aliphatic heterocycles. The molecule has 21 heavy (non-hydrogen) atoms. The van der Waals surface area contributed by atoms with Crippen molar-refractivity contribution in [1.82, 2.24) is 18.0 Å². The van der Waals surface area contributed by atoms with E-state index in [1.807, 2.05) is 38.3 Å². The summed E-state index contributed by atoms with van der Waals surface area (Å²) in [6.07, 6.45) is 2.01. The number of thiazole rings is 1. The Labute approximate surface area is 130 Å². The van der Waals surface area contributed by atoms with Crippen LogP contribution in [0.1, 0.15) is 30.1 Å². The molecule has 0 bridgehead atoms. The zero-order valence-corrected chi connectivity index (χ0v) is 14.8. The van der Waals surface area contributed by atoms with Gasteiger partial charge in [0.25, 0.3) is 10.2 Å². The van der Waals surface area contributed by atoms with Crippen molar-refractivity contribution < 1.29 is 8.42 Å². The highest BCUT2D eigenvalue weighted by Crippen LogP contribution is 2.22. The first kappa shape index (κ1) is 16.4. The minimum atomic E-state index is -3.43. The molecule has 0 spiro atoms. The monoisotopic (exact) mass is 330 g/mol. The summed E-state index contributed by atoms with van der Waals surface area (Å²) in [7, 11) is -1.81. The maximum Gasteiger partial charge on any atom is 0.282 e. The molecule has 2 aromatic heterocycles. The molecule has 0 atom stereocenters. The van der Waals surface area contributed by atoms with Gasteiger partial charge < -0.3 is 0 Å². The van der Waals surface area contributed by atoms with Crippen LogP contribution in [0.3, 0.4) is 0 Å². The molecule has 2 aromatic rings. The number of aromatic nitrogens is 2. The molecule has 0 saturated carbocycles. The quantitative estimate of drug-likeness (QED) is 0.814. The van der Waals surface area contributed by atoms with E-state index in [2.05, 4.69) is 4.98 Å². The molecular formula is C13H22N4O2S2. The summed E-state index contributed by atoms with van der Waals surface area (Å²) in [6, 6.07) is 0. The maximum absolute atomic E-state index is 12.5. The number of rotatable bonds is 6. The van der Waals surface area contributed by atoms with Crippen molar-refractivity contribution in [2.24, 2.45) is 0 Å². The van der Waals surface area contributed by atoms with Crippen LogP contribution >= 0.6 is 11.3 Å². The lowest BCUT2D eigenvalue weighted by Crippen LogP contribution is -2.41. The summed E-state index contributed by atoms with van der Waals surface area (Å²) in [6.45, 7) is 8.90. The minimum absolute atomic E-state index is 0.321. The van der Waals surface area contributed by atoms with Crippen molar-refractivity contribution in [2.75, 3.05) is 20.1 Å². The van der Waals surface area contributed by atoms with E-state index in [0.29, 0.717) is 19.6 Å². The molecule has 118 valence electrons. The molecule has 8 heteroatoms. The fraction of sp³-hybridized carbons (Fsp3) is 0.615. The Bertz CT molecular complexity index is 729. The molecular weight excluding hydrogens is 308 g/mol. The van der Waals surface area contributed by atoms with Gasteiger partial charge in [0.05, 0.1) is 17.9 Å². The average molecular weight is 330 g/mol. The predicted octanol–water partition coefficient (Wildman–Crippen LogP) is 2.03. The zero-order chi connectivity index (χ0) is 15.8. The molecule has 0 N–H and O–H groups in total. The molecule has 0 amide bonds. The lowest BCUT2D eigenvalue weighted by molar-refractivity contribution is 0.372. The second kappa shape index (κ2) is 6.04. The molecule has 2 rings (SSSR count). The highest BCUT2D eigenvalue weighted by atomic mass is 32.2. The smallest absolute Gasteiger partial charge is 0.282 e. The van der Waals surface area contributed by atoms with Crippen LogP contribution in [0.2, 0.25) is 0 Å². The van der Waals surface area contributed by atoms with Gasteiger partial charge in [-0.3, -0.25) is 4.40 Å². The third-order valence-electron chi connectivity index (χ3n) is 3.54. The van der Waals surface area contributed by atoms with Gasteiger partial charge in [-0.2, -0.15) is 17.0 Å². The number of hydrogen-bond donors (Lipinski definition) is 0. The standard InChI is InChI=1S/C13H22N4O2S2/c1-6-16(7-2)21(18,19)15(5)9-12-11(4)14-13-17(12)8-10(3)20-13/h8H,6-7,9H2,1-5H3. The van der Waals surface area contributed by atoms with E-state index in [4.69, 9.17) is 0 Å². The molecule has 0 saturated heterocycles. The van der Waals surface area contributed by atoms with E-state index >= 15 is 0 Å². The molecule has 0 aliphatic carbocycles. The van der Waals surface area contributed by atoms with Gasteiger partial charge >= 0.3 is 0 Å². The predicted molar refractivity (Wildman–Crippen MR) is 85.9 cm³/mol. The van der Waals surface area contributed by atoms with Gasteiger partial charge in [-0.05, 0) is 13.8 Å². The lowest BCUT2D eigenvalue weighted by atomic mass is 10.3. The number of nitrogens with zero attached hydrogens (tertiary/aromatic N) is 4. The van der Waals surface area contributed by atoms with Gasteiger partial charge in [0.2, 0.25) is 0 Å².